The topological polar surface area (TPSA) is 49.3 Å². The number of carbonyl (C=O) groups excluding carboxylic acids is 1. The number of nitrogens with zero attached hydrogens (tertiary/aromatic N) is 4. The quantitative estimate of drug-likeness (QED) is 0.594. The molecule has 5 nitrogen and oxygen atoms in total. The number of rotatable bonds is 8. The number of aromatic nitrogens is 2. The Kier molecular flexibility index (Phi) is 6.73. The minimum absolute atomic E-state index is 0.0780. The summed E-state index contributed by atoms with van der Waals surface area (Å²) in [5, 5.41) is 0. The zero-order valence-electron chi connectivity index (χ0n) is 16.5. The van der Waals surface area contributed by atoms with Gasteiger partial charge in [-0.1, -0.05) is 60.7 Å². The van der Waals surface area contributed by atoms with Gasteiger partial charge in [-0.3, -0.25) is 4.79 Å². The fourth-order valence-corrected chi connectivity index (χ4v) is 3.04. The van der Waals surface area contributed by atoms with Crippen LogP contribution in [0.15, 0.2) is 72.9 Å². The molecule has 0 fully saturated rings. The third-order valence-electron chi connectivity index (χ3n) is 4.63. The lowest BCUT2D eigenvalue weighted by Gasteiger charge is -2.23. The molecule has 144 valence electrons. The van der Waals surface area contributed by atoms with Crippen molar-refractivity contribution in [2.24, 2.45) is 0 Å². The van der Waals surface area contributed by atoms with Gasteiger partial charge in [0.1, 0.15) is 5.69 Å². The van der Waals surface area contributed by atoms with E-state index in [-0.39, 0.29) is 5.91 Å². The third kappa shape index (κ3) is 4.94. The maximum absolute atomic E-state index is 13.0. The maximum atomic E-state index is 13.0. The van der Waals surface area contributed by atoms with Gasteiger partial charge in [-0.05, 0) is 31.0 Å². The molecule has 0 unspecified atom stereocenters. The highest BCUT2D eigenvalue weighted by Gasteiger charge is 2.18. The molecule has 1 aromatic heterocycles. The van der Waals surface area contributed by atoms with Crippen LogP contribution in [0.5, 0.6) is 0 Å². The summed E-state index contributed by atoms with van der Waals surface area (Å²) in [6, 6.07) is 21.9. The van der Waals surface area contributed by atoms with Crippen molar-refractivity contribution in [1.82, 2.24) is 14.9 Å². The van der Waals surface area contributed by atoms with Crippen molar-refractivity contribution in [1.29, 1.82) is 0 Å². The molecule has 2 aromatic carbocycles. The van der Waals surface area contributed by atoms with Crippen LogP contribution in [0.2, 0.25) is 0 Å². The Bertz CT molecular complexity index is 883. The van der Waals surface area contributed by atoms with E-state index in [1.165, 1.54) is 5.56 Å². The molecular formula is C23H26N4O. The summed E-state index contributed by atoms with van der Waals surface area (Å²) in [5.41, 5.74) is 2.71. The zero-order chi connectivity index (χ0) is 19.8. The molecule has 0 spiro atoms. The first-order chi connectivity index (χ1) is 13.7. The minimum atomic E-state index is -0.0780. The van der Waals surface area contributed by atoms with E-state index in [2.05, 4.69) is 33.9 Å². The lowest BCUT2D eigenvalue weighted by Crippen LogP contribution is -2.32. The Labute approximate surface area is 166 Å². The molecule has 1 heterocycles. The first-order valence-electron chi connectivity index (χ1n) is 9.66. The molecule has 0 radical (unpaired) electrons. The van der Waals surface area contributed by atoms with Crippen LogP contribution in [0.4, 0.5) is 5.95 Å². The molecular weight excluding hydrogens is 348 g/mol. The average molecular weight is 374 g/mol. The first kappa shape index (κ1) is 19.5. The Morgan fingerprint density at radius 1 is 0.821 bits per heavy atom. The highest BCUT2D eigenvalue weighted by atomic mass is 16.2. The summed E-state index contributed by atoms with van der Waals surface area (Å²) in [6.07, 6.45) is 1.67. The molecule has 0 bridgehead atoms. The number of carbonyl (C=O) groups is 1. The van der Waals surface area contributed by atoms with Gasteiger partial charge < -0.3 is 9.80 Å². The number of anilines is 1. The van der Waals surface area contributed by atoms with Crippen LogP contribution in [-0.2, 0) is 13.1 Å². The van der Waals surface area contributed by atoms with Crippen LogP contribution in [0.1, 0.15) is 35.5 Å². The summed E-state index contributed by atoms with van der Waals surface area (Å²) in [6.45, 7) is 6.70. The predicted octanol–water partition coefficient (Wildman–Crippen LogP) is 4.17. The molecule has 5 heteroatoms. The van der Waals surface area contributed by atoms with E-state index in [1.807, 2.05) is 55.5 Å². The van der Waals surface area contributed by atoms with Crippen LogP contribution in [-0.4, -0.2) is 33.9 Å². The van der Waals surface area contributed by atoms with E-state index >= 15 is 0 Å². The lowest BCUT2D eigenvalue weighted by molar-refractivity contribution is 0.0746. The van der Waals surface area contributed by atoms with Crippen molar-refractivity contribution in [3.8, 4) is 0 Å². The van der Waals surface area contributed by atoms with Crippen LogP contribution in [0, 0.1) is 0 Å². The molecule has 3 aromatic rings. The van der Waals surface area contributed by atoms with Gasteiger partial charge in [-0.2, -0.15) is 0 Å². The maximum Gasteiger partial charge on any atom is 0.272 e. The molecule has 0 saturated heterocycles. The van der Waals surface area contributed by atoms with Crippen molar-refractivity contribution < 1.29 is 4.79 Å². The highest BCUT2D eigenvalue weighted by Crippen LogP contribution is 2.14. The van der Waals surface area contributed by atoms with Crippen molar-refractivity contribution in [2.75, 3.05) is 18.0 Å². The van der Waals surface area contributed by atoms with Crippen LogP contribution < -0.4 is 4.90 Å². The molecule has 1 amide bonds. The lowest BCUT2D eigenvalue weighted by atomic mass is 10.2. The summed E-state index contributed by atoms with van der Waals surface area (Å²) < 4.78 is 0. The molecule has 0 atom stereocenters. The van der Waals surface area contributed by atoms with E-state index in [0.717, 1.165) is 12.1 Å². The number of benzene rings is 2. The Morgan fingerprint density at radius 3 is 2.00 bits per heavy atom. The van der Waals surface area contributed by atoms with Crippen molar-refractivity contribution in [3.63, 3.8) is 0 Å². The first-order valence-corrected chi connectivity index (χ1v) is 9.66. The molecule has 0 saturated carbocycles. The highest BCUT2D eigenvalue weighted by molar-refractivity contribution is 5.92. The smallest absolute Gasteiger partial charge is 0.272 e. The second-order valence-electron chi connectivity index (χ2n) is 6.55. The van der Waals surface area contributed by atoms with Crippen molar-refractivity contribution in [2.45, 2.75) is 26.9 Å². The van der Waals surface area contributed by atoms with E-state index < -0.39 is 0 Å². The average Bonchev–Trinajstić information content (AvgIpc) is 2.77. The molecule has 0 N–H and O–H groups in total. The van der Waals surface area contributed by atoms with Gasteiger partial charge in [0, 0.05) is 32.4 Å². The van der Waals surface area contributed by atoms with Gasteiger partial charge in [0.05, 0.1) is 0 Å². The second-order valence-corrected chi connectivity index (χ2v) is 6.55. The molecule has 0 aliphatic heterocycles. The van der Waals surface area contributed by atoms with Gasteiger partial charge in [-0.15, -0.1) is 0 Å². The summed E-state index contributed by atoms with van der Waals surface area (Å²) in [5.74, 6) is 0.499. The van der Waals surface area contributed by atoms with Crippen molar-refractivity contribution in [3.05, 3.63) is 89.7 Å². The van der Waals surface area contributed by atoms with Gasteiger partial charge >= 0.3 is 0 Å². The SMILES string of the molecule is CCN(Cc1ccccc1)C(=O)c1ccnc(N(CC)Cc2ccccc2)n1. The fraction of sp³-hybridized carbons (Fsp3) is 0.261. The Balaban J connectivity index is 1.77. The minimum Gasteiger partial charge on any atom is -0.337 e. The van der Waals surface area contributed by atoms with Gasteiger partial charge in [0.15, 0.2) is 0 Å². The third-order valence-corrected chi connectivity index (χ3v) is 4.63. The zero-order valence-corrected chi connectivity index (χ0v) is 16.5. The van der Waals surface area contributed by atoms with Crippen LogP contribution in [0.3, 0.4) is 0 Å². The fourth-order valence-electron chi connectivity index (χ4n) is 3.04. The Hall–Kier alpha value is -3.21. The Morgan fingerprint density at radius 2 is 1.43 bits per heavy atom. The van der Waals surface area contributed by atoms with Crippen LogP contribution in [0.25, 0.3) is 0 Å². The standard InChI is InChI=1S/C23H26N4O/c1-3-26(17-19-11-7-5-8-12-19)22(28)21-15-16-24-23(25-21)27(4-2)18-20-13-9-6-10-14-20/h5-16H,3-4,17-18H2,1-2H3. The summed E-state index contributed by atoms with van der Waals surface area (Å²) >= 11 is 0. The molecule has 28 heavy (non-hydrogen) atoms. The summed E-state index contributed by atoms with van der Waals surface area (Å²) in [7, 11) is 0. The molecule has 3 rings (SSSR count). The largest absolute Gasteiger partial charge is 0.337 e. The summed E-state index contributed by atoms with van der Waals surface area (Å²) in [4.78, 5) is 25.9. The van der Waals surface area contributed by atoms with Gasteiger partial charge in [0.25, 0.3) is 5.91 Å². The monoisotopic (exact) mass is 374 g/mol. The van der Waals surface area contributed by atoms with Gasteiger partial charge in [-0.25, -0.2) is 9.97 Å². The van der Waals surface area contributed by atoms with E-state index in [4.69, 9.17) is 0 Å². The molecule has 0 aliphatic rings. The van der Waals surface area contributed by atoms with Crippen molar-refractivity contribution >= 4 is 11.9 Å². The van der Waals surface area contributed by atoms with Crippen LogP contribution >= 0.6 is 0 Å². The number of hydrogen-bond donors (Lipinski definition) is 0. The second kappa shape index (κ2) is 9.65. The van der Waals surface area contributed by atoms with Gasteiger partial charge in [0.2, 0.25) is 5.95 Å². The van der Waals surface area contributed by atoms with E-state index in [9.17, 15) is 4.79 Å². The molecule has 0 aliphatic carbocycles. The van der Waals surface area contributed by atoms with E-state index in [1.54, 1.807) is 17.2 Å². The normalized spacial score (nSPS) is 10.5. The van der Waals surface area contributed by atoms with E-state index in [0.29, 0.717) is 31.3 Å². The number of amides is 1. The number of hydrogen-bond acceptors (Lipinski definition) is 4. The predicted molar refractivity (Wildman–Crippen MR) is 112 cm³/mol.